The maximum absolute atomic E-state index is 14.8. The van der Waals surface area contributed by atoms with E-state index in [9.17, 15) is 22.8 Å². The smallest absolute Gasteiger partial charge is 0.250 e. The lowest BCUT2D eigenvalue weighted by Crippen LogP contribution is -2.42. The predicted molar refractivity (Wildman–Crippen MR) is 186 cm³/mol. The van der Waals surface area contributed by atoms with Gasteiger partial charge in [-0.2, -0.15) is 0 Å². The molecule has 51 heavy (non-hydrogen) atoms. The van der Waals surface area contributed by atoms with E-state index < -0.39 is 17.7 Å². The van der Waals surface area contributed by atoms with E-state index in [-0.39, 0.29) is 53.7 Å². The Morgan fingerprint density at radius 2 is 1.82 bits per heavy atom. The predicted octanol–water partition coefficient (Wildman–Crippen LogP) is 7.56. The van der Waals surface area contributed by atoms with Crippen molar-refractivity contribution in [2.75, 3.05) is 22.9 Å². The minimum absolute atomic E-state index is 0.0397. The number of amides is 2. The van der Waals surface area contributed by atoms with Crippen molar-refractivity contribution in [1.29, 1.82) is 0 Å². The molecule has 3 heterocycles. The lowest BCUT2D eigenvalue weighted by Gasteiger charge is -2.41. The molecular formula is C40H40F3N5O3. The number of nitrogens with zero attached hydrogens (tertiary/aromatic N) is 4. The Hall–Kier alpha value is -4.93. The topological polar surface area (TPSA) is 91.6 Å². The van der Waals surface area contributed by atoms with Crippen molar-refractivity contribution in [3.63, 3.8) is 0 Å². The molecule has 2 aliphatic heterocycles. The molecule has 0 bridgehead atoms. The van der Waals surface area contributed by atoms with Crippen LogP contribution >= 0.6 is 0 Å². The van der Waals surface area contributed by atoms with Crippen LogP contribution in [0.25, 0.3) is 0 Å². The first-order valence-electron chi connectivity index (χ1n) is 17.9. The van der Waals surface area contributed by atoms with Crippen molar-refractivity contribution in [3.05, 3.63) is 119 Å². The van der Waals surface area contributed by atoms with E-state index in [1.165, 1.54) is 23.8 Å². The molecule has 3 aromatic carbocycles. The monoisotopic (exact) mass is 695 g/mol. The first-order chi connectivity index (χ1) is 24.7. The van der Waals surface area contributed by atoms with Gasteiger partial charge in [-0.3, -0.25) is 9.59 Å². The van der Waals surface area contributed by atoms with E-state index in [0.717, 1.165) is 92.6 Å². The first-order valence-corrected chi connectivity index (χ1v) is 17.9. The van der Waals surface area contributed by atoms with E-state index >= 15 is 0 Å². The number of nitrogens with one attached hydrogen (secondary N) is 1. The number of hydrogen-bond donors (Lipinski definition) is 1. The molecule has 2 unspecified atom stereocenters. The van der Waals surface area contributed by atoms with Crippen molar-refractivity contribution < 1.29 is 27.2 Å². The van der Waals surface area contributed by atoms with Gasteiger partial charge in [-0.05, 0) is 114 Å². The van der Waals surface area contributed by atoms with Gasteiger partial charge in [0.25, 0.3) is 5.91 Å². The molecule has 8 rings (SSSR count). The Bertz CT molecular complexity index is 1980. The minimum atomic E-state index is -0.977. The number of carbonyl (C=O) groups is 2. The lowest BCUT2D eigenvalue weighted by atomic mass is 9.73. The van der Waals surface area contributed by atoms with Gasteiger partial charge in [0.15, 0.2) is 11.6 Å². The van der Waals surface area contributed by atoms with Crippen molar-refractivity contribution in [2.24, 2.45) is 0 Å². The van der Waals surface area contributed by atoms with Crippen molar-refractivity contribution in [2.45, 2.75) is 87.1 Å². The molecule has 1 saturated carbocycles. The molecule has 0 radical (unpaired) electrons. The number of anilines is 2. The normalized spacial score (nSPS) is 22.3. The van der Waals surface area contributed by atoms with E-state index in [0.29, 0.717) is 17.9 Å². The molecule has 4 aromatic rings. The number of benzene rings is 3. The second-order valence-corrected chi connectivity index (χ2v) is 14.6. The molecule has 4 aliphatic rings. The third kappa shape index (κ3) is 6.10. The zero-order valence-corrected chi connectivity index (χ0v) is 28.3. The summed E-state index contributed by atoms with van der Waals surface area (Å²) < 4.78 is 47.7. The van der Waals surface area contributed by atoms with Crippen LogP contribution in [0.15, 0.2) is 78.1 Å². The number of halogens is 3. The number of piperidine rings is 1. The lowest BCUT2D eigenvalue weighted by molar-refractivity contribution is -0.122. The highest BCUT2D eigenvalue weighted by Gasteiger charge is 2.47. The molecule has 1 spiro atoms. The molecule has 2 aliphatic carbocycles. The summed E-state index contributed by atoms with van der Waals surface area (Å²) in [5.41, 5.74) is 5.55. The molecule has 8 nitrogen and oxygen atoms in total. The Kier molecular flexibility index (Phi) is 8.68. The summed E-state index contributed by atoms with van der Waals surface area (Å²) in [5.74, 6) is -2.14. The van der Waals surface area contributed by atoms with Gasteiger partial charge in [-0.1, -0.05) is 31.6 Å². The van der Waals surface area contributed by atoms with E-state index in [4.69, 9.17) is 4.42 Å². The summed E-state index contributed by atoms with van der Waals surface area (Å²) in [6.07, 6.45) is 9.57. The number of hydrogen-bond acceptors (Lipinski definition) is 6. The number of rotatable bonds is 8. The zero-order chi connectivity index (χ0) is 35.3. The Balaban J connectivity index is 0.983. The van der Waals surface area contributed by atoms with Crippen LogP contribution in [0, 0.1) is 17.5 Å². The van der Waals surface area contributed by atoms with E-state index in [1.54, 1.807) is 6.07 Å². The van der Waals surface area contributed by atoms with Gasteiger partial charge in [0.05, 0.1) is 0 Å². The summed E-state index contributed by atoms with van der Waals surface area (Å²) >= 11 is 0. The maximum Gasteiger partial charge on any atom is 0.250 e. The summed E-state index contributed by atoms with van der Waals surface area (Å²) in [6.45, 7) is 5.32. The highest BCUT2D eigenvalue weighted by atomic mass is 19.2. The molecule has 1 N–H and O–H groups in total. The molecule has 1 aromatic heterocycles. The second kappa shape index (κ2) is 13.3. The summed E-state index contributed by atoms with van der Waals surface area (Å²) in [6, 6.07) is 14.5. The van der Waals surface area contributed by atoms with Gasteiger partial charge in [0, 0.05) is 49.3 Å². The maximum atomic E-state index is 14.8. The quantitative estimate of drug-likeness (QED) is 0.192. The van der Waals surface area contributed by atoms with Crippen LogP contribution in [0.2, 0.25) is 0 Å². The molecule has 11 heteroatoms. The van der Waals surface area contributed by atoms with Crippen molar-refractivity contribution in [3.8, 4) is 0 Å². The number of carbonyl (C=O) groups excluding carboxylic acids is 2. The Morgan fingerprint density at radius 1 is 1.00 bits per heavy atom. The summed E-state index contributed by atoms with van der Waals surface area (Å²) in [4.78, 5) is 30.9. The number of aromatic nitrogens is 2. The first kappa shape index (κ1) is 33.2. The van der Waals surface area contributed by atoms with E-state index in [2.05, 4.69) is 45.2 Å². The van der Waals surface area contributed by atoms with Gasteiger partial charge in [0.1, 0.15) is 11.9 Å². The molecule has 4 atom stereocenters. The Labute approximate surface area is 294 Å². The molecule has 1 saturated heterocycles. The highest BCUT2D eigenvalue weighted by Crippen LogP contribution is 2.54. The average molecular weight is 696 g/mol. The van der Waals surface area contributed by atoms with E-state index in [1.807, 2.05) is 11.0 Å². The van der Waals surface area contributed by atoms with Gasteiger partial charge in [0.2, 0.25) is 18.2 Å². The third-order valence-corrected chi connectivity index (χ3v) is 11.8. The largest absolute Gasteiger partial charge is 0.426 e. The van der Waals surface area contributed by atoms with Gasteiger partial charge >= 0.3 is 0 Å². The third-order valence-electron chi connectivity index (χ3n) is 11.8. The van der Waals surface area contributed by atoms with Crippen molar-refractivity contribution in [1.82, 2.24) is 15.5 Å². The van der Waals surface area contributed by atoms with Crippen LogP contribution < -0.4 is 15.1 Å². The van der Waals surface area contributed by atoms with Gasteiger partial charge in [-0.15, -0.1) is 10.2 Å². The fourth-order valence-electron chi connectivity index (χ4n) is 9.39. The molecule has 2 amide bonds. The zero-order valence-electron chi connectivity index (χ0n) is 28.3. The highest BCUT2D eigenvalue weighted by molar-refractivity contribution is 6.03. The second-order valence-electron chi connectivity index (χ2n) is 14.6. The SMILES string of the molecule is C=CC(=O)N1c2ccc(N3CCC4(CC3)C[C@@H](CC(=O)N[C@H](Cc3ccc(F)c(F)c3)c3nnco3)c3ccc(F)cc34)cc2C2CCCCC21. The average Bonchev–Trinajstić information content (AvgIpc) is 3.86. The van der Waals surface area contributed by atoms with Crippen LogP contribution in [-0.2, 0) is 21.4 Å². The molecular weight excluding hydrogens is 655 g/mol. The molecule has 264 valence electrons. The fraction of sp³-hybridized carbons (Fsp3) is 0.400. The fourth-order valence-corrected chi connectivity index (χ4v) is 9.39. The summed E-state index contributed by atoms with van der Waals surface area (Å²) in [5, 5.41) is 10.7. The standard InChI is InChI=1S/C40H40F3N5O3/c1-2-38(50)48-35-6-4-3-5-29(35)30-21-27(9-12-36(30)48)47-15-13-40(14-16-47)22-25(28-10-8-26(41)20-31(28)40)19-37(49)45-34(39-46-44-23-51-39)18-24-7-11-32(42)33(43)17-24/h2,7-12,17,20-21,23,25,29,34-35H,1,3-6,13-16,18-19,22H2,(H,45,49)/t25-,29?,34-,35?/m1/s1. The minimum Gasteiger partial charge on any atom is -0.426 e. The molecule has 2 fully saturated rings. The van der Waals surface area contributed by atoms with Crippen LogP contribution in [0.4, 0.5) is 24.5 Å². The Morgan fingerprint density at radius 3 is 2.59 bits per heavy atom. The van der Waals surface area contributed by atoms with Gasteiger partial charge in [-0.25, -0.2) is 13.2 Å². The van der Waals surface area contributed by atoms with Gasteiger partial charge < -0.3 is 19.5 Å². The number of fused-ring (bicyclic) bond motifs is 5. The van der Waals surface area contributed by atoms with Crippen LogP contribution in [-0.4, -0.2) is 41.1 Å². The van der Waals surface area contributed by atoms with Crippen LogP contribution in [0.3, 0.4) is 0 Å². The van der Waals surface area contributed by atoms with Crippen LogP contribution in [0.5, 0.6) is 0 Å². The van der Waals surface area contributed by atoms with Crippen LogP contribution in [0.1, 0.15) is 97.4 Å². The summed E-state index contributed by atoms with van der Waals surface area (Å²) in [7, 11) is 0. The van der Waals surface area contributed by atoms with Crippen molar-refractivity contribution >= 4 is 23.2 Å².